The van der Waals surface area contributed by atoms with E-state index in [2.05, 4.69) is 129 Å². The number of amides is 1. The van der Waals surface area contributed by atoms with Crippen molar-refractivity contribution in [2.45, 2.75) is 309 Å². The SMILES string of the molecule is CC/C=C\C/C=C\C/C=C\C/C=C\C/C=C\C/C=C\C/C=C\C/C=C\C/C=C\CCCCCCCCCCCC(=O)NC(COP(=O)([O-])OCC[N+](C)(C)C)C(O)/C=C/CCCCCCCCCCCCCCCCCCCCCCCCC. The highest BCUT2D eigenvalue weighted by Crippen LogP contribution is 2.38. The minimum atomic E-state index is -4.61. The van der Waals surface area contributed by atoms with Crippen molar-refractivity contribution in [3.05, 3.63) is 122 Å². The van der Waals surface area contributed by atoms with Gasteiger partial charge in [0.2, 0.25) is 5.91 Å². The lowest BCUT2D eigenvalue weighted by Crippen LogP contribution is -2.45. The third-order valence-corrected chi connectivity index (χ3v) is 16.1. The zero-order valence-electron chi connectivity index (χ0n) is 55.3. The molecule has 0 aromatic rings. The molecule has 0 fully saturated rings. The summed E-state index contributed by atoms with van der Waals surface area (Å²) in [4.78, 5) is 25.6. The van der Waals surface area contributed by atoms with Crippen LogP contribution in [-0.2, 0) is 18.4 Å². The predicted molar refractivity (Wildman–Crippen MR) is 366 cm³/mol. The highest BCUT2D eigenvalue weighted by atomic mass is 31.2. The molecule has 9 heteroatoms. The van der Waals surface area contributed by atoms with E-state index in [0.29, 0.717) is 17.4 Å². The smallest absolute Gasteiger partial charge is 0.268 e. The van der Waals surface area contributed by atoms with E-state index >= 15 is 0 Å². The molecular weight excluding hydrogens is 1060 g/mol. The number of carbonyl (C=O) groups excluding carboxylic acids is 1. The first-order valence-corrected chi connectivity index (χ1v) is 36.4. The maximum absolute atomic E-state index is 13.0. The van der Waals surface area contributed by atoms with Crippen LogP contribution in [0.4, 0.5) is 0 Å². The zero-order chi connectivity index (χ0) is 61.2. The molecule has 0 saturated heterocycles. The van der Waals surface area contributed by atoms with Crippen LogP contribution < -0.4 is 10.2 Å². The van der Waals surface area contributed by atoms with E-state index in [1.54, 1.807) is 6.08 Å². The summed E-state index contributed by atoms with van der Waals surface area (Å²) < 4.78 is 23.5. The summed E-state index contributed by atoms with van der Waals surface area (Å²) in [6, 6.07) is -0.900. The monoisotopic (exact) mass is 1190 g/mol. The Balaban J connectivity index is 4.14. The van der Waals surface area contributed by atoms with Gasteiger partial charge in [-0.1, -0.05) is 322 Å². The van der Waals surface area contributed by atoms with Crippen molar-refractivity contribution in [3.63, 3.8) is 0 Å². The van der Waals surface area contributed by atoms with Gasteiger partial charge in [-0.15, -0.1) is 0 Å². The first-order valence-electron chi connectivity index (χ1n) is 34.9. The fraction of sp³-hybridized carbons (Fsp3) is 0.720. The van der Waals surface area contributed by atoms with Crippen LogP contribution in [0, 0.1) is 0 Å². The van der Waals surface area contributed by atoms with Gasteiger partial charge in [-0.3, -0.25) is 9.36 Å². The number of phosphoric ester groups is 1. The second-order valence-corrected chi connectivity index (χ2v) is 25.9. The molecule has 3 unspecified atom stereocenters. The molecule has 0 heterocycles. The van der Waals surface area contributed by atoms with Gasteiger partial charge in [0, 0.05) is 6.42 Å². The predicted octanol–water partition coefficient (Wildman–Crippen LogP) is 21.8. The molecule has 0 aliphatic carbocycles. The number of hydrogen-bond donors (Lipinski definition) is 2. The van der Waals surface area contributed by atoms with E-state index in [-0.39, 0.29) is 19.1 Å². The van der Waals surface area contributed by atoms with Crippen LogP contribution >= 0.6 is 7.82 Å². The van der Waals surface area contributed by atoms with Crippen LogP contribution in [0.1, 0.15) is 296 Å². The summed E-state index contributed by atoms with van der Waals surface area (Å²) in [6.45, 7) is 4.55. The van der Waals surface area contributed by atoms with E-state index in [1.165, 1.54) is 167 Å². The molecule has 0 aliphatic rings. The van der Waals surface area contributed by atoms with Gasteiger partial charge < -0.3 is 28.8 Å². The molecule has 3 atom stereocenters. The van der Waals surface area contributed by atoms with E-state index in [4.69, 9.17) is 9.05 Å². The summed E-state index contributed by atoms with van der Waals surface area (Å²) >= 11 is 0. The molecule has 84 heavy (non-hydrogen) atoms. The van der Waals surface area contributed by atoms with Crippen LogP contribution in [0.5, 0.6) is 0 Å². The zero-order valence-corrected chi connectivity index (χ0v) is 56.2. The Morgan fingerprint density at radius 2 is 0.726 bits per heavy atom. The third kappa shape index (κ3) is 66.4. The van der Waals surface area contributed by atoms with Gasteiger partial charge in [-0.05, 0) is 89.9 Å². The molecule has 0 radical (unpaired) electrons. The largest absolute Gasteiger partial charge is 0.756 e. The summed E-state index contributed by atoms with van der Waals surface area (Å²) in [5.41, 5.74) is 0. The number of aliphatic hydroxyl groups is 1. The van der Waals surface area contributed by atoms with E-state index in [1.807, 2.05) is 27.2 Å². The first-order chi connectivity index (χ1) is 41.0. The topological polar surface area (TPSA) is 108 Å². The lowest BCUT2D eigenvalue weighted by Gasteiger charge is -2.29. The quantitative estimate of drug-likeness (QED) is 0.0272. The number of phosphoric acid groups is 1. The van der Waals surface area contributed by atoms with Crippen LogP contribution in [0.2, 0.25) is 0 Å². The molecule has 0 aromatic carbocycles. The molecular formula is C75H133N2O6P. The molecule has 0 saturated carbocycles. The van der Waals surface area contributed by atoms with Crippen molar-refractivity contribution in [1.29, 1.82) is 0 Å². The molecule has 0 aromatic heterocycles. The molecule has 8 nitrogen and oxygen atoms in total. The lowest BCUT2D eigenvalue weighted by atomic mass is 10.0. The first kappa shape index (κ1) is 80.9. The number of aliphatic hydroxyl groups excluding tert-OH is 1. The summed E-state index contributed by atoms with van der Waals surface area (Å²) in [5, 5.41) is 14.0. The van der Waals surface area contributed by atoms with Crippen molar-refractivity contribution in [2.24, 2.45) is 0 Å². The number of carbonyl (C=O) groups is 1. The van der Waals surface area contributed by atoms with Gasteiger partial charge >= 0.3 is 0 Å². The van der Waals surface area contributed by atoms with E-state index in [0.717, 1.165) is 109 Å². The van der Waals surface area contributed by atoms with Crippen molar-refractivity contribution in [1.82, 2.24) is 5.32 Å². The Labute approximate surface area is 520 Å². The second-order valence-electron chi connectivity index (χ2n) is 24.5. The summed E-state index contributed by atoms with van der Waals surface area (Å²) in [7, 11) is 1.25. The molecule has 1 amide bonds. The highest BCUT2D eigenvalue weighted by Gasteiger charge is 2.23. The number of unbranched alkanes of at least 4 members (excludes halogenated alkanes) is 32. The second kappa shape index (κ2) is 64.4. The van der Waals surface area contributed by atoms with Gasteiger partial charge in [0.05, 0.1) is 39.9 Å². The number of likely N-dealkylation sites (N-methyl/N-ethyl adjacent to an activating group) is 1. The number of nitrogens with one attached hydrogen (secondary N) is 1. The van der Waals surface area contributed by atoms with E-state index in [9.17, 15) is 19.4 Å². The minimum absolute atomic E-state index is 0.00720. The van der Waals surface area contributed by atoms with Crippen LogP contribution in [0.3, 0.4) is 0 Å². The Bertz CT molecular complexity index is 1780. The molecule has 0 rings (SSSR count). The van der Waals surface area contributed by atoms with Crippen LogP contribution in [0.25, 0.3) is 0 Å². The molecule has 2 N–H and O–H groups in total. The number of nitrogens with zero attached hydrogens (tertiary/aromatic N) is 1. The van der Waals surface area contributed by atoms with Crippen molar-refractivity contribution in [3.8, 4) is 0 Å². The fourth-order valence-corrected chi connectivity index (χ4v) is 10.5. The number of quaternary nitrogens is 1. The van der Waals surface area contributed by atoms with Gasteiger partial charge in [-0.2, -0.15) is 0 Å². The summed E-state index contributed by atoms with van der Waals surface area (Å²) in [5.74, 6) is -0.205. The fourth-order valence-electron chi connectivity index (χ4n) is 9.80. The number of allylic oxidation sites excluding steroid dienone is 19. The Morgan fingerprint density at radius 1 is 0.429 bits per heavy atom. The third-order valence-electron chi connectivity index (χ3n) is 15.2. The standard InChI is InChI=1S/C75H133N2O6P/c1-6-8-10-12-14-16-18-20-22-24-26-28-30-32-33-34-35-36-37-38-39-40-41-42-43-45-47-49-51-53-55-57-59-61-63-65-67-69-75(79)76-73(72-83-84(80,81)82-71-70-77(3,4)5)74(78)68-66-64-62-60-58-56-54-52-50-48-46-44-31-29-27-25-23-21-19-17-15-13-11-9-7-2/h8,10,14,16,20,22,26,28,32-33,35-36,38-39,41-42,45,47,66,68,73-74,78H,6-7,9,11-13,15,17-19,21,23-25,27,29-31,34,37,40,43-44,46,48-65,67,69-72H2,1-5H3,(H-,76,79,80,81)/b10-8-,16-14-,22-20-,28-26-,33-32-,36-35-,39-38-,42-41-,47-45-,68-66+. The molecule has 0 bridgehead atoms. The average Bonchev–Trinajstić information content (AvgIpc) is 3.56. The highest BCUT2D eigenvalue weighted by molar-refractivity contribution is 7.45. The van der Waals surface area contributed by atoms with Gasteiger partial charge in [0.15, 0.2) is 0 Å². The number of rotatable bonds is 63. The van der Waals surface area contributed by atoms with Crippen LogP contribution in [-0.4, -0.2) is 68.5 Å². The molecule has 0 aliphatic heterocycles. The average molecular weight is 1190 g/mol. The normalized spacial score (nSPS) is 14.4. The minimum Gasteiger partial charge on any atom is -0.756 e. The van der Waals surface area contributed by atoms with Crippen molar-refractivity contribution in [2.75, 3.05) is 40.9 Å². The van der Waals surface area contributed by atoms with Crippen LogP contribution in [0.15, 0.2) is 122 Å². The molecule has 484 valence electrons. The maximum Gasteiger partial charge on any atom is 0.268 e. The van der Waals surface area contributed by atoms with Gasteiger partial charge in [0.1, 0.15) is 13.2 Å². The maximum atomic E-state index is 13.0. The Kier molecular flexibility index (Phi) is 62.0. The van der Waals surface area contributed by atoms with Crippen molar-refractivity contribution >= 4 is 13.7 Å². The number of hydrogen-bond acceptors (Lipinski definition) is 6. The Hall–Kier alpha value is -3.10. The molecule has 0 spiro atoms. The van der Waals surface area contributed by atoms with E-state index < -0.39 is 20.0 Å². The lowest BCUT2D eigenvalue weighted by molar-refractivity contribution is -0.870. The summed E-state index contributed by atoms with van der Waals surface area (Å²) in [6.07, 6.45) is 95.9. The Morgan fingerprint density at radius 3 is 1.06 bits per heavy atom. The van der Waals surface area contributed by atoms with Crippen molar-refractivity contribution < 1.29 is 32.9 Å². The van der Waals surface area contributed by atoms with Gasteiger partial charge in [0.25, 0.3) is 7.82 Å². The van der Waals surface area contributed by atoms with Gasteiger partial charge in [-0.25, -0.2) is 0 Å².